The van der Waals surface area contributed by atoms with Gasteiger partial charge >= 0.3 is 18.1 Å². The molecule has 0 aliphatic rings. The van der Waals surface area contributed by atoms with Gasteiger partial charge in [-0.25, -0.2) is 18.0 Å². The van der Waals surface area contributed by atoms with Gasteiger partial charge < -0.3 is 10.2 Å². The van der Waals surface area contributed by atoms with Gasteiger partial charge in [-0.15, -0.1) is 0 Å². The summed E-state index contributed by atoms with van der Waals surface area (Å²) in [5.74, 6) is -3.15. The Morgan fingerprint density at radius 1 is 0.818 bits per heavy atom. The minimum atomic E-state index is -4.62. The van der Waals surface area contributed by atoms with Crippen LogP contribution in [-0.2, 0) is 21.8 Å². The highest BCUT2D eigenvalue weighted by atomic mass is 35.5. The van der Waals surface area contributed by atoms with Crippen LogP contribution < -0.4 is 0 Å². The summed E-state index contributed by atoms with van der Waals surface area (Å²) >= 11 is 5.71. The van der Waals surface area contributed by atoms with E-state index in [1.54, 1.807) is 30.3 Å². The Morgan fingerprint density at radius 2 is 1.36 bits per heavy atom. The van der Waals surface area contributed by atoms with Crippen molar-refractivity contribution in [2.24, 2.45) is 0 Å². The topological polar surface area (TPSA) is 109 Å². The van der Waals surface area contributed by atoms with Crippen molar-refractivity contribution in [2.75, 3.05) is 0 Å². The van der Waals surface area contributed by atoms with E-state index in [-0.39, 0.29) is 21.2 Å². The standard InChI is InChI=1S/C14H11ClO4S.C8H5F3O2/c15-11-6-7-13(12(8-11)14(16)17)20(18,19)9-10-4-2-1-3-5-10;9-8(10,11)6-4-2-1-3-5(6)7(12)13/h1-8H,9H2,(H,16,17);1-4H,(H,12,13). The van der Waals surface area contributed by atoms with Crippen LogP contribution in [0.5, 0.6) is 0 Å². The molecule has 0 aromatic heterocycles. The summed E-state index contributed by atoms with van der Waals surface area (Å²) in [6.07, 6.45) is -4.62. The normalized spacial score (nSPS) is 11.3. The molecule has 0 saturated heterocycles. The lowest BCUT2D eigenvalue weighted by molar-refractivity contribution is -0.138. The molecule has 0 amide bonds. The monoisotopic (exact) mass is 500 g/mol. The summed E-state index contributed by atoms with van der Waals surface area (Å²) in [6.45, 7) is 0. The molecule has 3 aromatic rings. The van der Waals surface area contributed by atoms with Crippen LogP contribution in [0.15, 0.2) is 77.7 Å². The molecule has 3 rings (SSSR count). The zero-order chi connectivity index (χ0) is 24.8. The third-order valence-electron chi connectivity index (χ3n) is 4.17. The van der Waals surface area contributed by atoms with Crippen LogP contribution in [0, 0.1) is 0 Å². The number of alkyl halides is 3. The molecular formula is C22H16ClF3O6S. The Hall–Kier alpha value is -3.37. The fraction of sp³-hybridized carbons (Fsp3) is 0.0909. The Bertz CT molecular complexity index is 1260. The van der Waals surface area contributed by atoms with E-state index in [0.717, 1.165) is 24.3 Å². The van der Waals surface area contributed by atoms with Crippen LogP contribution >= 0.6 is 11.6 Å². The number of hydrogen-bond acceptors (Lipinski definition) is 4. The second-order valence-electron chi connectivity index (χ2n) is 6.54. The van der Waals surface area contributed by atoms with Crippen molar-refractivity contribution in [3.63, 3.8) is 0 Å². The van der Waals surface area contributed by atoms with E-state index in [1.165, 1.54) is 18.2 Å². The molecule has 2 N–H and O–H groups in total. The summed E-state index contributed by atoms with van der Waals surface area (Å²) in [7, 11) is -3.75. The van der Waals surface area contributed by atoms with Gasteiger partial charge in [-0.3, -0.25) is 0 Å². The summed E-state index contributed by atoms with van der Waals surface area (Å²) in [5.41, 5.74) is -1.57. The van der Waals surface area contributed by atoms with Gasteiger partial charge in [-0.1, -0.05) is 54.1 Å². The van der Waals surface area contributed by atoms with Crippen molar-refractivity contribution in [3.05, 3.63) is 100 Å². The number of sulfone groups is 1. The highest BCUT2D eigenvalue weighted by Crippen LogP contribution is 2.31. The number of carboxylic acid groups (broad SMARTS) is 2. The molecule has 174 valence electrons. The van der Waals surface area contributed by atoms with E-state index in [9.17, 15) is 31.2 Å². The highest BCUT2D eigenvalue weighted by molar-refractivity contribution is 7.90. The first-order valence-corrected chi connectivity index (χ1v) is 11.0. The van der Waals surface area contributed by atoms with Crippen molar-refractivity contribution in [2.45, 2.75) is 16.8 Å². The maximum Gasteiger partial charge on any atom is 0.417 e. The number of hydrogen-bond donors (Lipinski definition) is 2. The number of rotatable bonds is 5. The van der Waals surface area contributed by atoms with Crippen molar-refractivity contribution in [1.29, 1.82) is 0 Å². The van der Waals surface area contributed by atoms with Gasteiger partial charge in [0.15, 0.2) is 9.84 Å². The second-order valence-corrected chi connectivity index (χ2v) is 8.93. The Balaban J connectivity index is 0.000000257. The lowest BCUT2D eigenvalue weighted by Crippen LogP contribution is -2.12. The van der Waals surface area contributed by atoms with E-state index >= 15 is 0 Å². The molecule has 0 heterocycles. The minimum absolute atomic E-state index is 0.182. The van der Waals surface area contributed by atoms with Gasteiger partial charge in [0.05, 0.1) is 27.3 Å². The maximum atomic E-state index is 12.3. The Labute approximate surface area is 191 Å². The zero-order valence-electron chi connectivity index (χ0n) is 16.6. The van der Waals surface area contributed by atoms with E-state index < -0.39 is 39.1 Å². The molecule has 33 heavy (non-hydrogen) atoms. The molecular weight excluding hydrogens is 485 g/mol. The minimum Gasteiger partial charge on any atom is -0.478 e. The molecule has 0 saturated carbocycles. The van der Waals surface area contributed by atoms with Crippen molar-refractivity contribution >= 4 is 33.4 Å². The van der Waals surface area contributed by atoms with Crippen LogP contribution in [0.1, 0.15) is 31.8 Å². The second kappa shape index (κ2) is 10.5. The largest absolute Gasteiger partial charge is 0.478 e. The van der Waals surface area contributed by atoms with Gasteiger partial charge in [-0.2, -0.15) is 13.2 Å². The molecule has 11 heteroatoms. The predicted octanol–water partition coefficient (Wildman–Crippen LogP) is 5.42. The van der Waals surface area contributed by atoms with Gasteiger partial charge in [0, 0.05) is 5.02 Å². The molecule has 3 aromatic carbocycles. The summed E-state index contributed by atoms with van der Waals surface area (Å²) in [4.78, 5) is 21.3. The zero-order valence-corrected chi connectivity index (χ0v) is 18.2. The van der Waals surface area contributed by atoms with Crippen molar-refractivity contribution in [3.8, 4) is 0 Å². The fourth-order valence-electron chi connectivity index (χ4n) is 2.73. The predicted molar refractivity (Wildman–Crippen MR) is 114 cm³/mol. The summed E-state index contributed by atoms with van der Waals surface area (Å²) < 4.78 is 61.1. The van der Waals surface area contributed by atoms with E-state index in [2.05, 4.69) is 0 Å². The molecule has 0 aliphatic heterocycles. The number of carbonyl (C=O) groups is 2. The number of carboxylic acids is 2. The molecule has 0 fully saturated rings. The van der Waals surface area contributed by atoms with Gasteiger partial charge in [-0.05, 0) is 35.9 Å². The SMILES string of the molecule is O=C(O)c1cc(Cl)ccc1S(=O)(=O)Cc1ccccc1.O=C(O)c1ccccc1C(F)(F)F. The smallest absolute Gasteiger partial charge is 0.417 e. The first kappa shape index (κ1) is 25.9. The molecule has 0 bridgehead atoms. The molecule has 0 aliphatic carbocycles. The first-order valence-electron chi connectivity index (χ1n) is 9.02. The van der Waals surface area contributed by atoms with Crippen molar-refractivity contribution < 1.29 is 41.4 Å². The maximum absolute atomic E-state index is 12.3. The lowest BCUT2D eigenvalue weighted by Gasteiger charge is -2.08. The van der Waals surface area contributed by atoms with Crippen LogP contribution in [0.4, 0.5) is 13.2 Å². The quantitative estimate of drug-likeness (QED) is 0.484. The Morgan fingerprint density at radius 3 is 1.88 bits per heavy atom. The summed E-state index contributed by atoms with van der Waals surface area (Å²) in [5, 5.41) is 17.7. The average molecular weight is 501 g/mol. The lowest BCUT2D eigenvalue weighted by atomic mass is 10.1. The number of benzene rings is 3. The highest BCUT2D eigenvalue weighted by Gasteiger charge is 2.34. The van der Waals surface area contributed by atoms with E-state index in [0.29, 0.717) is 5.56 Å². The van der Waals surface area contributed by atoms with Crippen LogP contribution in [0.2, 0.25) is 5.02 Å². The van der Waals surface area contributed by atoms with Crippen molar-refractivity contribution in [1.82, 2.24) is 0 Å². The first-order chi connectivity index (χ1) is 15.3. The van der Waals surface area contributed by atoms with Gasteiger partial charge in [0.25, 0.3) is 0 Å². The fourth-order valence-corrected chi connectivity index (χ4v) is 4.44. The van der Waals surface area contributed by atoms with Gasteiger partial charge in [0.1, 0.15) is 0 Å². The average Bonchev–Trinajstić information content (AvgIpc) is 2.73. The molecule has 0 atom stereocenters. The van der Waals surface area contributed by atoms with Crippen LogP contribution in [0.25, 0.3) is 0 Å². The van der Waals surface area contributed by atoms with E-state index in [1.807, 2.05) is 0 Å². The molecule has 0 unspecified atom stereocenters. The molecule has 0 spiro atoms. The summed E-state index contributed by atoms with van der Waals surface area (Å²) in [6, 6.07) is 16.4. The molecule has 6 nitrogen and oxygen atoms in total. The van der Waals surface area contributed by atoms with E-state index in [4.69, 9.17) is 21.8 Å². The van der Waals surface area contributed by atoms with Gasteiger partial charge in [0.2, 0.25) is 0 Å². The van der Waals surface area contributed by atoms with Crippen LogP contribution in [0.3, 0.4) is 0 Å². The molecule has 0 radical (unpaired) electrons. The third-order valence-corrected chi connectivity index (χ3v) is 6.14. The number of aromatic carboxylic acids is 2. The Kier molecular flexibility index (Phi) is 8.23. The number of halogens is 4. The third kappa shape index (κ3) is 7.06. The van der Waals surface area contributed by atoms with Crippen LogP contribution in [-0.4, -0.2) is 30.6 Å².